The summed E-state index contributed by atoms with van der Waals surface area (Å²) in [6.07, 6.45) is 3.79. The van der Waals surface area contributed by atoms with E-state index in [1.54, 1.807) is 31.5 Å². The van der Waals surface area contributed by atoms with Crippen LogP contribution in [0.2, 0.25) is 0 Å². The van der Waals surface area contributed by atoms with E-state index in [9.17, 15) is 13.6 Å². The van der Waals surface area contributed by atoms with Crippen molar-refractivity contribution < 1.29 is 28.1 Å². The number of pyridine rings is 1. The Kier molecular flexibility index (Phi) is 6.90. The molecule has 0 fully saturated rings. The predicted molar refractivity (Wildman–Crippen MR) is 125 cm³/mol. The summed E-state index contributed by atoms with van der Waals surface area (Å²) in [4.78, 5) is 15.4. The SMILES string of the molecule is COc1cccc(-c2ccc(N(C3CCCc4c(OCC(=O)O)cccc43)S(=O)O)nc2)c1. The zero-order chi connectivity index (χ0) is 23.4. The Morgan fingerprint density at radius 2 is 2.00 bits per heavy atom. The number of hydrogen-bond acceptors (Lipinski definition) is 5. The van der Waals surface area contributed by atoms with Gasteiger partial charge in [0.05, 0.1) is 13.2 Å². The lowest BCUT2D eigenvalue weighted by Crippen LogP contribution is -2.33. The number of nitrogens with zero attached hydrogens (tertiary/aromatic N) is 2. The van der Waals surface area contributed by atoms with Crippen LogP contribution in [0.25, 0.3) is 11.1 Å². The maximum Gasteiger partial charge on any atom is 0.341 e. The number of hydrogen-bond donors (Lipinski definition) is 2. The molecule has 172 valence electrons. The number of anilines is 1. The average molecular weight is 469 g/mol. The van der Waals surface area contributed by atoms with Gasteiger partial charge in [-0.3, -0.25) is 4.55 Å². The van der Waals surface area contributed by atoms with Crippen molar-refractivity contribution in [2.24, 2.45) is 0 Å². The number of fused-ring (bicyclic) bond motifs is 1. The maximum atomic E-state index is 12.4. The van der Waals surface area contributed by atoms with Gasteiger partial charge in [0, 0.05) is 11.8 Å². The summed E-state index contributed by atoms with van der Waals surface area (Å²) in [5.41, 5.74) is 3.48. The zero-order valence-corrected chi connectivity index (χ0v) is 18.8. The smallest absolute Gasteiger partial charge is 0.341 e. The first-order chi connectivity index (χ1) is 16.0. The van der Waals surface area contributed by atoms with Gasteiger partial charge in [-0.1, -0.05) is 24.3 Å². The first-order valence-corrected chi connectivity index (χ1v) is 11.5. The largest absolute Gasteiger partial charge is 0.497 e. The van der Waals surface area contributed by atoms with E-state index in [2.05, 4.69) is 4.98 Å². The molecule has 0 saturated carbocycles. The minimum atomic E-state index is -2.32. The summed E-state index contributed by atoms with van der Waals surface area (Å²) >= 11 is -2.32. The van der Waals surface area contributed by atoms with Crippen molar-refractivity contribution in [1.29, 1.82) is 0 Å². The van der Waals surface area contributed by atoms with E-state index in [0.29, 0.717) is 24.4 Å². The van der Waals surface area contributed by atoms with Crippen LogP contribution in [0.1, 0.15) is 30.0 Å². The van der Waals surface area contributed by atoms with Gasteiger partial charge in [0.1, 0.15) is 17.3 Å². The molecule has 0 aliphatic heterocycles. The van der Waals surface area contributed by atoms with Crippen LogP contribution in [0.4, 0.5) is 5.82 Å². The minimum absolute atomic E-state index is 0.372. The Labute approximate surface area is 194 Å². The third-order valence-electron chi connectivity index (χ3n) is 5.61. The average Bonchev–Trinajstić information content (AvgIpc) is 2.83. The summed E-state index contributed by atoms with van der Waals surface area (Å²) in [6.45, 7) is -0.440. The highest BCUT2D eigenvalue weighted by molar-refractivity contribution is 7.80. The quantitative estimate of drug-likeness (QED) is 0.476. The molecule has 2 N–H and O–H groups in total. The molecule has 3 aromatic rings. The number of benzene rings is 2. The lowest BCUT2D eigenvalue weighted by molar-refractivity contribution is -0.139. The highest BCUT2D eigenvalue weighted by Crippen LogP contribution is 2.41. The van der Waals surface area contributed by atoms with Gasteiger partial charge in [-0.25, -0.2) is 18.3 Å². The molecule has 2 atom stereocenters. The van der Waals surface area contributed by atoms with Crippen LogP contribution in [0, 0.1) is 0 Å². The van der Waals surface area contributed by atoms with Crippen molar-refractivity contribution in [3.05, 3.63) is 71.9 Å². The molecule has 0 bridgehead atoms. The van der Waals surface area contributed by atoms with E-state index in [4.69, 9.17) is 14.6 Å². The Balaban J connectivity index is 1.66. The first kappa shape index (κ1) is 22.8. The van der Waals surface area contributed by atoms with Crippen molar-refractivity contribution in [1.82, 2.24) is 4.98 Å². The van der Waals surface area contributed by atoms with Gasteiger partial charge in [0.15, 0.2) is 6.61 Å². The third kappa shape index (κ3) is 4.99. The maximum absolute atomic E-state index is 12.4. The number of rotatable bonds is 8. The van der Waals surface area contributed by atoms with E-state index in [0.717, 1.165) is 34.4 Å². The topological polar surface area (TPSA) is 109 Å². The molecule has 33 heavy (non-hydrogen) atoms. The second-order valence-corrected chi connectivity index (χ2v) is 8.46. The van der Waals surface area contributed by atoms with Gasteiger partial charge >= 0.3 is 5.97 Å². The van der Waals surface area contributed by atoms with Gasteiger partial charge < -0.3 is 14.6 Å². The molecule has 2 aromatic carbocycles. The van der Waals surface area contributed by atoms with E-state index in [-0.39, 0.29) is 0 Å². The standard InChI is InChI=1S/C24H24N2O6S/c1-31-18-6-2-5-16(13-18)17-11-12-23(25-14-17)26(33(29)30)21-9-3-8-20-19(21)7-4-10-22(20)32-15-24(27)28/h2,4-7,10-14,21H,3,8-9,15H2,1H3,(H,27,28)(H,29,30). The van der Waals surface area contributed by atoms with Crippen LogP contribution in [-0.2, 0) is 22.5 Å². The van der Waals surface area contributed by atoms with Crippen LogP contribution in [0.3, 0.4) is 0 Å². The van der Waals surface area contributed by atoms with Crippen molar-refractivity contribution in [3.63, 3.8) is 0 Å². The molecule has 9 heteroatoms. The van der Waals surface area contributed by atoms with E-state index < -0.39 is 29.9 Å². The summed E-state index contributed by atoms with van der Waals surface area (Å²) < 4.78 is 34.7. The number of carboxylic acids is 1. The van der Waals surface area contributed by atoms with E-state index >= 15 is 0 Å². The second kappa shape index (κ2) is 10.0. The number of ether oxygens (including phenoxy) is 2. The normalized spacial score (nSPS) is 15.9. The summed E-state index contributed by atoms with van der Waals surface area (Å²) in [7, 11) is 1.61. The van der Waals surface area contributed by atoms with Crippen molar-refractivity contribution >= 4 is 23.1 Å². The summed E-state index contributed by atoms with van der Waals surface area (Å²) in [6, 6.07) is 16.1. The molecule has 0 amide bonds. The summed E-state index contributed by atoms with van der Waals surface area (Å²) in [5.74, 6) is 0.537. The molecule has 4 rings (SSSR count). The van der Waals surface area contributed by atoms with Crippen LogP contribution in [-0.4, -0.2) is 38.5 Å². The molecule has 2 unspecified atom stereocenters. The Hall–Kier alpha value is -3.43. The van der Waals surface area contributed by atoms with Gasteiger partial charge in [-0.05, 0) is 66.3 Å². The van der Waals surface area contributed by atoms with Gasteiger partial charge in [0.25, 0.3) is 11.3 Å². The highest BCUT2D eigenvalue weighted by Gasteiger charge is 2.32. The monoisotopic (exact) mass is 468 g/mol. The second-order valence-electron chi connectivity index (χ2n) is 7.61. The fourth-order valence-corrected chi connectivity index (χ4v) is 4.85. The number of aliphatic carboxylic acids is 1. The number of carboxylic acid groups (broad SMARTS) is 1. The van der Waals surface area contributed by atoms with Crippen LogP contribution >= 0.6 is 0 Å². The zero-order valence-electron chi connectivity index (χ0n) is 18.0. The Bertz CT molecular complexity index is 1170. The van der Waals surface area contributed by atoms with Gasteiger partial charge in [0.2, 0.25) is 0 Å². The summed E-state index contributed by atoms with van der Waals surface area (Å²) in [5, 5.41) is 8.95. The molecule has 1 aliphatic rings. The highest BCUT2D eigenvalue weighted by atomic mass is 32.2. The fraction of sp³-hybridized carbons (Fsp3) is 0.250. The molecule has 1 heterocycles. The number of methoxy groups -OCH3 is 1. The Morgan fingerprint density at radius 1 is 1.18 bits per heavy atom. The Morgan fingerprint density at radius 3 is 2.70 bits per heavy atom. The fourth-order valence-electron chi connectivity index (χ4n) is 4.15. The van der Waals surface area contributed by atoms with Crippen LogP contribution in [0.5, 0.6) is 11.5 Å². The molecule has 0 radical (unpaired) electrons. The number of carbonyl (C=O) groups is 1. The lowest BCUT2D eigenvalue weighted by Gasteiger charge is -2.34. The van der Waals surface area contributed by atoms with E-state index in [1.165, 1.54) is 4.31 Å². The van der Waals surface area contributed by atoms with Crippen LogP contribution < -0.4 is 13.8 Å². The van der Waals surface area contributed by atoms with Gasteiger partial charge in [-0.15, -0.1) is 0 Å². The molecule has 8 nitrogen and oxygen atoms in total. The third-order valence-corrected chi connectivity index (χ3v) is 6.39. The molecular formula is C24H24N2O6S. The van der Waals surface area contributed by atoms with E-state index in [1.807, 2.05) is 36.4 Å². The lowest BCUT2D eigenvalue weighted by atomic mass is 9.87. The van der Waals surface area contributed by atoms with Gasteiger partial charge in [-0.2, -0.15) is 0 Å². The predicted octanol–water partition coefficient (Wildman–Crippen LogP) is 4.24. The molecule has 1 aromatic heterocycles. The molecule has 0 spiro atoms. The molecular weight excluding hydrogens is 444 g/mol. The molecule has 0 saturated heterocycles. The van der Waals surface area contributed by atoms with Crippen LogP contribution in [0.15, 0.2) is 60.8 Å². The first-order valence-electron chi connectivity index (χ1n) is 10.4. The molecule has 1 aliphatic carbocycles. The number of aromatic nitrogens is 1. The van der Waals surface area contributed by atoms with Crippen molar-refractivity contribution in [2.75, 3.05) is 18.0 Å². The van der Waals surface area contributed by atoms with Crippen molar-refractivity contribution in [2.45, 2.75) is 25.3 Å². The van der Waals surface area contributed by atoms with Crippen molar-refractivity contribution in [3.8, 4) is 22.6 Å². The minimum Gasteiger partial charge on any atom is -0.497 e.